The van der Waals surface area contributed by atoms with E-state index in [1.54, 1.807) is 18.0 Å². The van der Waals surface area contributed by atoms with E-state index in [1.807, 2.05) is 59.3 Å². The van der Waals surface area contributed by atoms with E-state index >= 15 is 0 Å². The Bertz CT molecular complexity index is 1530. The second kappa shape index (κ2) is 14.8. The summed E-state index contributed by atoms with van der Waals surface area (Å²) in [6.45, 7) is 1.29. The Hall–Kier alpha value is -3.95. The van der Waals surface area contributed by atoms with Gasteiger partial charge in [0.1, 0.15) is 0 Å². The van der Waals surface area contributed by atoms with Crippen molar-refractivity contribution < 1.29 is 19.1 Å². The molecule has 0 radical (unpaired) electrons. The molecule has 1 unspecified atom stereocenters. The first-order valence-corrected chi connectivity index (χ1v) is 15.3. The molecule has 1 aliphatic rings. The number of benzene rings is 2. The van der Waals surface area contributed by atoms with E-state index in [1.165, 1.54) is 7.11 Å². The van der Waals surface area contributed by atoms with Gasteiger partial charge in [0.05, 0.1) is 29.6 Å². The molecule has 1 atom stereocenters. The molecule has 0 bridgehead atoms. The smallest absolute Gasteiger partial charge is 0.305 e. The Morgan fingerprint density at radius 2 is 1.95 bits per heavy atom. The quantitative estimate of drug-likeness (QED) is 0.143. The number of pyridine rings is 1. The minimum absolute atomic E-state index is 0.102. The van der Waals surface area contributed by atoms with Gasteiger partial charge in [0, 0.05) is 40.9 Å². The van der Waals surface area contributed by atoms with E-state index in [9.17, 15) is 9.59 Å². The van der Waals surface area contributed by atoms with Crippen LogP contribution in [0.3, 0.4) is 0 Å². The standard InChI is InChI=1S/C33H36N4O4S/c1-40-32(38)15-3-2-8-21-35-33(39)27-12-4-5-13-30(27)42-25-17-18-26-28(19-16-24-11-6-9-20-34-24)36-37(29(26)23-25)31-14-7-10-22-41-31/h4-6,9,11-13,16-20,23,31H,2-3,7-8,10,14-15,21-22H2,1H3,(H,35,39)/b19-16+. The van der Waals surface area contributed by atoms with E-state index in [0.717, 1.165) is 77.2 Å². The first kappa shape index (κ1) is 29.5. The van der Waals surface area contributed by atoms with Crippen LogP contribution in [0.15, 0.2) is 76.7 Å². The number of fused-ring (bicyclic) bond motifs is 1. The van der Waals surface area contributed by atoms with Crippen molar-refractivity contribution in [3.8, 4) is 0 Å². The Morgan fingerprint density at radius 3 is 2.76 bits per heavy atom. The van der Waals surface area contributed by atoms with Gasteiger partial charge in [0.2, 0.25) is 0 Å². The van der Waals surface area contributed by atoms with Crippen LogP contribution in [-0.4, -0.2) is 46.9 Å². The molecule has 1 amide bonds. The largest absolute Gasteiger partial charge is 0.469 e. The molecule has 42 heavy (non-hydrogen) atoms. The number of unbranched alkanes of at least 4 members (excludes halogenated alkanes) is 2. The second-order valence-electron chi connectivity index (χ2n) is 10.2. The number of hydrogen-bond donors (Lipinski definition) is 1. The lowest BCUT2D eigenvalue weighted by molar-refractivity contribution is -0.140. The maximum Gasteiger partial charge on any atom is 0.305 e. The number of methoxy groups -OCH3 is 1. The van der Waals surface area contributed by atoms with Crippen LogP contribution in [0.25, 0.3) is 23.1 Å². The molecular weight excluding hydrogens is 548 g/mol. The first-order valence-electron chi connectivity index (χ1n) is 14.5. The molecule has 0 spiro atoms. The molecule has 8 nitrogen and oxygen atoms in total. The van der Waals surface area contributed by atoms with Crippen molar-refractivity contribution in [1.29, 1.82) is 0 Å². The topological polar surface area (TPSA) is 95.3 Å². The van der Waals surface area contributed by atoms with Crippen molar-refractivity contribution in [2.24, 2.45) is 0 Å². The van der Waals surface area contributed by atoms with Gasteiger partial charge in [0.15, 0.2) is 6.23 Å². The maximum absolute atomic E-state index is 13.1. The average Bonchev–Trinajstić information content (AvgIpc) is 3.40. The molecule has 1 aliphatic heterocycles. The fourth-order valence-corrected chi connectivity index (χ4v) is 5.92. The number of aromatic nitrogens is 3. The van der Waals surface area contributed by atoms with Crippen LogP contribution < -0.4 is 5.32 Å². The lowest BCUT2D eigenvalue weighted by Gasteiger charge is -2.23. The van der Waals surface area contributed by atoms with Crippen molar-refractivity contribution in [3.63, 3.8) is 0 Å². The summed E-state index contributed by atoms with van der Waals surface area (Å²) < 4.78 is 12.8. The Morgan fingerprint density at radius 1 is 1.07 bits per heavy atom. The molecule has 2 aromatic carbocycles. The third kappa shape index (κ3) is 7.66. The monoisotopic (exact) mass is 584 g/mol. The Kier molecular flexibility index (Phi) is 10.4. The van der Waals surface area contributed by atoms with Gasteiger partial charge >= 0.3 is 5.97 Å². The average molecular weight is 585 g/mol. The van der Waals surface area contributed by atoms with Gasteiger partial charge in [-0.25, -0.2) is 4.68 Å². The predicted molar refractivity (Wildman–Crippen MR) is 165 cm³/mol. The van der Waals surface area contributed by atoms with E-state index in [4.69, 9.17) is 9.84 Å². The lowest BCUT2D eigenvalue weighted by Crippen LogP contribution is -2.25. The number of carbonyl (C=O) groups is 2. The van der Waals surface area contributed by atoms with Crippen LogP contribution in [0.1, 0.15) is 72.9 Å². The lowest BCUT2D eigenvalue weighted by atomic mass is 10.1. The van der Waals surface area contributed by atoms with Gasteiger partial charge in [-0.1, -0.05) is 36.4 Å². The second-order valence-corrected chi connectivity index (χ2v) is 11.3. The molecule has 3 heterocycles. The summed E-state index contributed by atoms with van der Waals surface area (Å²) in [4.78, 5) is 30.6. The molecule has 1 saturated heterocycles. The first-order chi connectivity index (χ1) is 20.6. The minimum atomic E-state index is -0.199. The summed E-state index contributed by atoms with van der Waals surface area (Å²) in [5.41, 5.74) is 3.38. The van der Waals surface area contributed by atoms with Crippen LogP contribution >= 0.6 is 11.8 Å². The van der Waals surface area contributed by atoms with Crippen LogP contribution in [0.2, 0.25) is 0 Å². The zero-order chi connectivity index (χ0) is 29.1. The zero-order valence-electron chi connectivity index (χ0n) is 23.8. The summed E-state index contributed by atoms with van der Waals surface area (Å²) in [7, 11) is 1.40. The van der Waals surface area contributed by atoms with Crippen LogP contribution in [-0.2, 0) is 14.3 Å². The Balaban J connectivity index is 1.33. The highest BCUT2D eigenvalue weighted by Gasteiger charge is 2.21. The molecule has 1 fully saturated rings. The fourth-order valence-electron chi connectivity index (χ4n) is 4.94. The number of carbonyl (C=O) groups excluding carboxylic acids is 2. The minimum Gasteiger partial charge on any atom is -0.469 e. The van der Waals surface area contributed by atoms with Crippen molar-refractivity contribution in [2.45, 2.75) is 61.0 Å². The highest BCUT2D eigenvalue weighted by atomic mass is 32.2. The number of nitrogens with one attached hydrogen (secondary N) is 1. The third-order valence-electron chi connectivity index (χ3n) is 7.17. The van der Waals surface area contributed by atoms with Gasteiger partial charge in [-0.3, -0.25) is 14.6 Å². The molecule has 2 aromatic heterocycles. The molecule has 218 valence electrons. The van der Waals surface area contributed by atoms with Gasteiger partial charge in [-0.05, 0) is 86.7 Å². The third-order valence-corrected chi connectivity index (χ3v) is 8.23. The highest BCUT2D eigenvalue weighted by molar-refractivity contribution is 7.99. The number of hydrogen-bond acceptors (Lipinski definition) is 7. The fraction of sp³-hybridized carbons (Fsp3) is 0.333. The molecule has 5 rings (SSSR count). The number of ether oxygens (including phenoxy) is 2. The molecule has 1 N–H and O–H groups in total. The van der Waals surface area contributed by atoms with Crippen LogP contribution in [0.4, 0.5) is 0 Å². The van der Waals surface area contributed by atoms with E-state index < -0.39 is 0 Å². The SMILES string of the molecule is COC(=O)CCCCCNC(=O)c1ccccc1Sc1ccc2c(/C=C/c3ccccn3)nn(C3CCCCO3)c2c1. The maximum atomic E-state index is 13.1. The summed E-state index contributed by atoms with van der Waals surface area (Å²) >= 11 is 1.56. The normalized spacial score (nSPS) is 15.2. The highest BCUT2D eigenvalue weighted by Crippen LogP contribution is 2.35. The van der Waals surface area contributed by atoms with Gasteiger partial charge in [0.25, 0.3) is 5.91 Å². The van der Waals surface area contributed by atoms with Gasteiger partial charge in [-0.2, -0.15) is 5.10 Å². The molecule has 0 aliphatic carbocycles. The van der Waals surface area contributed by atoms with Crippen molar-refractivity contribution >= 4 is 46.7 Å². The van der Waals surface area contributed by atoms with Gasteiger partial charge in [-0.15, -0.1) is 0 Å². The van der Waals surface area contributed by atoms with Gasteiger partial charge < -0.3 is 14.8 Å². The van der Waals surface area contributed by atoms with Crippen LogP contribution in [0.5, 0.6) is 0 Å². The number of rotatable bonds is 12. The molecule has 0 saturated carbocycles. The Labute approximate surface area is 250 Å². The van der Waals surface area contributed by atoms with E-state index in [0.29, 0.717) is 18.5 Å². The van der Waals surface area contributed by atoms with Crippen molar-refractivity contribution in [2.75, 3.05) is 20.3 Å². The van der Waals surface area contributed by atoms with Crippen LogP contribution in [0, 0.1) is 0 Å². The number of esters is 1. The van der Waals surface area contributed by atoms with Crippen molar-refractivity contribution in [1.82, 2.24) is 20.1 Å². The zero-order valence-corrected chi connectivity index (χ0v) is 24.6. The number of nitrogens with zero attached hydrogens (tertiary/aromatic N) is 3. The van der Waals surface area contributed by atoms with E-state index in [2.05, 4.69) is 33.2 Å². The molecule has 4 aromatic rings. The summed E-state index contributed by atoms with van der Waals surface area (Å²) in [6.07, 6.45) is 11.6. The summed E-state index contributed by atoms with van der Waals surface area (Å²) in [5, 5.41) is 9.04. The number of amides is 1. The molecule has 9 heteroatoms. The molecular formula is C33H36N4O4S. The predicted octanol–water partition coefficient (Wildman–Crippen LogP) is 6.92. The van der Waals surface area contributed by atoms with Crippen molar-refractivity contribution in [3.05, 3.63) is 83.8 Å². The van der Waals surface area contributed by atoms with E-state index in [-0.39, 0.29) is 18.1 Å². The summed E-state index contributed by atoms with van der Waals surface area (Å²) in [6, 6.07) is 19.8. The summed E-state index contributed by atoms with van der Waals surface area (Å²) in [5.74, 6) is -0.301.